The topological polar surface area (TPSA) is 61.8 Å². The number of Topliss-reactive ketones (excluding diaryl/α,β-unsaturated/α-hetero) is 1. The summed E-state index contributed by atoms with van der Waals surface area (Å²) in [6, 6.07) is 0. The minimum Gasteiger partial charge on any atom is -0.462 e. The van der Waals surface area contributed by atoms with Gasteiger partial charge in [0.1, 0.15) is 11.9 Å². The van der Waals surface area contributed by atoms with Crippen molar-refractivity contribution in [1.82, 2.24) is 0 Å². The first kappa shape index (κ1) is 26.1. The molecule has 0 spiro atoms. The Balaban J connectivity index is 1.99. The van der Waals surface area contributed by atoms with Crippen molar-refractivity contribution in [3.8, 4) is 0 Å². The van der Waals surface area contributed by atoms with Gasteiger partial charge in [-0.2, -0.15) is 0 Å². The van der Waals surface area contributed by atoms with Crippen LogP contribution in [0.25, 0.3) is 0 Å². The molecule has 3 unspecified atom stereocenters. The molecule has 0 amide bonds. The number of hydrogen-bond donors (Lipinski definition) is 0. The Morgan fingerprint density at radius 1 is 1.16 bits per heavy atom. The van der Waals surface area contributed by atoms with E-state index in [-0.39, 0.29) is 36.3 Å². The summed E-state index contributed by atoms with van der Waals surface area (Å²) in [4.78, 5) is 24.8. The molecule has 31 heavy (non-hydrogen) atoms. The van der Waals surface area contributed by atoms with Crippen molar-refractivity contribution in [2.24, 2.45) is 11.8 Å². The number of fused-ring (bicyclic) bond motifs is 1. The second kappa shape index (κ2) is 14.8. The molecule has 1 aliphatic heterocycles. The van der Waals surface area contributed by atoms with E-state index in [1.54, 1.807) is 0 Å². The molecule has 0 aromatic carbocycles. The highest BCUT2D eigenvalue weighted by molar-refractivity contribution is 5.78. The maximum atomic E-state index is 12.5. The maximum absolute atomic E-state index is 12.5. The van der Waals surface area contributed by atoms with E-state index in [1.807, 2.05) is 13.8 Å². The first-order valence-corrected chi connectivity index (χ1v) is 12.7. The lowest BCUT2D eigenvalue weighted by molar-refractivity contribution is -0.168. The van der Waals surface area contributed by atoms with Crippen LogP contribution in [0.4, 0.5) is 0 Å². The lowest BCUT2D eigenvalue weighted by Gasteiger charge is -2.27. The molecule has 0 N–H and O–H groups in total. The van der Waals surface area contributed by atoms with Crippen LogP contribution in [0.15, 0.2) is 12.2 Å². The fourth-order valence-electron chi connectivity index (χ4n) is 5.01. The normalized spacial score (nSPS) is 28.5. The molecule has 5 nitrogen and oxygen atoms in total. The van der Waals surface area contributed by atoms with E-state index in [2.05, 4.69) is 19.1 Å². The van der Waals surface area contributed by atoms with Gasteiger partial charge in [-0.1, -0.05) is 44.8 Å². The number of carbonyl (C=O) groups excluding carboxylic acids is 2. The molecule has 1 saturated carbocycles. The van der Waals surface area contributed by atoms with Crippen LogP contribution < -0.4 is 0 Å². The van der Waals surface area contributed by atoms with E-state index in [0.717, 1.165) is 38.5 Å². The molecule has 5 heteroatoms. The Labute approximate surface area is 189 Å². The van der Waals surface area contributed by atoms with Crippen molar-refractivity contribution in [1.29, 1.82) is 0 Å². The highest BCUT2D eigenvalue weighted by Gasteiger charge is 2.45. The first-order valence-electron chi connectivity index (χ1n) is 12.7. The van der Waals surface area contributed by atoms with Crippen LogP contribution in [-0.4, -0.2) is 36.9 Å². The van der Waals surface area contributed by atoms with Gasteiger partial charge in [0.25, 0.3) is 0 Å². The fraction of sp³-hybridized carbons (Fsp3) is 0.846. The number of carbonyl (C=O) groups is 2. The van der Waals surface area contributed by atoms with Crippen molar-refractivity contribution >= 4 is 11.8 Å². The predicted molar refractivity (Wildman–Crippen MR) is 123 cm³/mol. The van der Waals surface area contributed by atoms with E-state index < -0.39 is 0 Å². The number of ether oxygens (including phenoxy) is 3. The Morgan fingerprint density at radius 3 is 2.74 bits per heavy atom. The summed E-state index contributed by atoms with van der Waals surface area (Å²) in [5, 5.41) is 0. The first-order chi connectivity index (χ1) is 15.0. The van der Waals surface area contributed by atoms with Gasteiger partial charge in [0.05, 0.1) is 6.10 Å². The second-order valence-corrected chi connectivity index (χ2v) is 9.13. The molecule has 5 atom stereocenters. The molecular weight excluding hydrogens is 392 g/mol. The number of rotatable bonds is 13. The predicted octanol–water partition coefficient (Wildman–Crippen LogP) is 6.14. The summed E-state index contributed by atoms with van der Waals surface area (Å²) in [5.41, 5.74) is 0. The zero-order chi connectivity index (χ0) is 22.5. The molecule has 2 rings (SSSR count). The van der Waals surface area contributed by atoms with Crippen LogP contribution in [0.5, 0.6) is 0 Å². The third-order valence-corrected chi connectivity index (χ3v) is 6.66. The van der Waals surface area contributed by atoms with Gasteiger partial charge < -0.3 is 14.2 Å². The molecule has 0 radical (unpaired) electrons. The fourth-order valence-corrected chi connectivity index (χ4v) is 5.01. The molecular formula is C26H44O5. The van der Waals surface area contributed by atoms with Crippen LogP contribution in [0, 0.1) is 11.8 Å². The minimum absolute atomic E-state index is 0.0455. The summed E-state index contributed by atoms with van der Waals surface area (Å²) in [7, 11) is 0. The summed E-state index contributed by atoms with van der Waals surface area (Å²) < 4.78 is 17.7. The summed E-state index contributed by atoms with van der Waals surface area (Å²) in [5.74, 6) is 0.651. The number of allylic oxidation sites excluding steroid dienone is 2. The van der Waals surface area contributed by atoms with Crippen molar-refractivity contribution in [3.05, 3.63) is 12.2 Å². The average molecular weight is 437 g/mol. The van der Waals surface area contributed by atoms with E-state index in [1.165, 1.54) is 19.3 Å². The van der Waals surface area contributed by atoms with Gasteiger partial charge >= 0.3 is 5.97 Å². The lowest BCUT2D eigenvalue weighted by Crippen LogP contribution is -2.29. The molecule has 1 heterocycles. The van der Waals surface area contributed by atoms with Crippen molar-refractivity contribution < 1.29 is 23.8 Å². The molecule has 1 fully saturated rings. The van der Waals surface area contributed by atoms with E-state index in [9.17, 15) is 9.59 Å². The van der Waals surface area contributed by atoms with E-state index in [4.69, 9.17) is 14.2 Å². The number of esters is 1. The highest BCUT2D eigenvalue weighted by Crippen LogP contribution is 2.42. The largest absolute Gasteiger partial charge is 0.462 e. The average Bonchev–Trinajstić information content (AvgIpc) is 3.04. The summed E-state index contributed by atoms with van der Waals surface area (Å²) in [6.45, 7) is 6.68. The molecule has 0 aromatic heterocycles. The smallest absolute Gasteiger partial charge is 0.306 e. The third-order valence-electron chi connectivity index (χ3n) is 6.66. The molecule has 178 valence electrons. The zero-order valence-corrected chi connectivity index (χ0v) is 20.0. The quantitative estimate of drug-likeness (QED) is 0.150. The standard InChI is InChI=1S/C26H44O5/c1-4-6-7-8-11-14-21(27)17-18-23-22-15-12-9-10-13-16-26(28)31-25(22)19-24(23)30-20(3)29-5-2/h9,12,20,22-25H,4-8,10-11,13-19H2,1-3H3/b12-9-/t20?,22?,23-,24-,25?/m1/s1. The van der Waals surface area contributed by atoms with Gasteiger partial charge in [0.2, 0.25) is 0 Å². The zero-order valence-electron chi connectivity index (χ0n) is 20.0. The SMILES string of the molecule is CCCCCCCC(=O)CC[C@@H]1C2C/C=C\CCCC(=O)OC2C[C@H]1OC(C)OCC. The van der Waals surface area contributed by atoms with Crippen molar-refractivity contribution in [3.63, 3.8) is 0 Å². The Hall–Kier alpha value is -1.20. The van der Waals surface area contributed by atoms with Gasteiger partial charge in [-0.05, 0) is 51.9 Å². The van der Waals surface area contributed by atoms with Gasteiger partial charge in [-0.25, -0.2) is 0 Å². The highest BCUT2D eigenvalue weighted by atomic mass is 16.7. The molecule has 0 aromatic rings. The Morgan fingerprint density at radius 2 is 1.97 bits per heavy atom. The summed E-state index contributed by atoms with van der Waals surface area (Å²) in [6.07, 6.45) is 15.6. The lowest BCUT2D eigenvalue weighted by atomic mass is 9.85. The second-order valence-electron chi connectivity index (χ2n) is 9.13. The molecule has 2 aliphatic rings. The number of unbranched alkanes of at least 4 members (excludes halogenated alkanes) is 4. The Bertz CT molecular complexity index is 558. The minimum atomic E-state index is -0.298. The molecule has 0 bridgehead atoms. The summed E-state index contributed by atoms with van der Waals surface area (Å²) >= 11 is 0. The Kier molecular flexibility index (Phi) is 12.4. The van der Waals surface area contributed by atoms with Gasteiger partial charge in [0.15, 0.2) is 6.29 Å². The van der Waals surface area contributed by atoms with Crippen LogP contribution in [0.1, 0.15) is 104 Å². The van der Waals surface area contributed by atoms with Crippen LogP contribution in [-0.2, 0) is 23.8 Å². The van der Waals surface area contributed by atoms with Gasteiger partial charge in [0, 0.05) is 38.2 Å². The molecule has 0 saturated heterocycles. The van der Waals surface area contributed by atoms with Crippen LogP contribution in [0.2, 0.25) is 0 Å². The van der Waals surface area contributed by atoms with Gasteiger partial charge in [-0.3, -0.25) is 9.59 Å². The van der Waals surface area contributed by atoms with E-state index in [0.29, 0.717) is 38.1 Å². The van der Waals surface area contributed by atoms with Crippen molar-refractivity contribution in [2.45, 2.75) is 123 Å². The third kappa shape index (κ3) is 9.44. The van der Waals surface area contributed by atoms with Crippen LogP contribution in [0.3, 0.4) is 0 Å². The number of ketones is 1. The van der Waals surface area contributed by atoms with Gasteiger partial charge in [-0.15, -0.1) is 0 Å². The monoisotopic (exact) mass is 436 g/mol. The van der Waals surface area contributed by atoms with E-state index >= 15 is 0 Å². The van der Waals surface area contributed by atoms with Crippen molar-refractivity contribution in [2.75, 3.05) is 6.61 Å². The maximum Gasteiger partial charge on any atom is 0.306 e. The van der Waals surface area contributed by atoms with Crippen LogP contribution >= 0.6 is 0 Å². The number of hydrogen-bond acceptors (Lipinski definition) is 5. The molecule has 1 aliphatic carbocycles.